The average Bonchev–Trinajstić information content (AvgIpc) is 2.98. The smallest absolute Gasteiger partial charge is 0.335 e. The molecule has 0 radical (unpaired) electrons. The molecular weight excluding hydrogens is 289 g/mol. The van der Waals surface area contributed by atoms with E-state index >= 15 is 0 Å². The summed E-state index contributed by atoms with van der Waals surface area (Å²) in [4.78, 5) is 29.9. The van der Waals surface area contributed by atoms with Gasteiger partial charge in [-0.1, -0.05) is 0 Å². The topological polar surface area (TPSA) is 87.5 Å². The first-order valence-corrected chi connectivity index (χ1v) is 6.33. The van der Waals surface area contributed by atoms with E-state index in [2.05, 4.69) is 9.98 Å². The molecule has 2 N–H and O–H groups in total. The lowest BCUT2D eigenvalue weighted by molar-refractivity contribution is 0.429. The molecule has 0 amide bonds. The summed E-state index contributed by atoms with van der Waals surface area (Å²) in [6.07, 6.45) is 6.21. The number of nitrogens with one attached hydrogen (secondary N) is 1. The molecule has 2 heterocycles. The zero-order valence-corrected chi connectivity index (χ0v) is 11.2. The molecule has 1 aliphatic heterocycles. The van der Waals surface area contributed by atoms with Crippen molar-refractivity contribution < 1.29 is 9.50 Å². The molecule has 110 valence electrons. The first-order chi connectivity index (χ1) is 10.6. The van der Waals surface area contributed by atoms with Crippen LogP contribution in [0.1, 0.15) is 5.56 Å². The zero-order chi connectivity index (χ0) is 15.7. The van der Waals surface area contributed by atoms with E-state index in [9.17, 15) is 19.1 Å². The number of hydrogen-bond donors (Lipinski definition) is 2. The summed E-state index contributed by atoms with van der Waals surface area (Å²) in [7, 11) is 0. The Bertz CT molecular complexity index is 920. The largest absolute Gasteiger partial charge is 0.494 e. The standard InChI is InChI=1S/C15H10FN3O3/c16-9-3-5-11(6-4-9)19-14(21)12(13(20)18-15(19)22)8-10-2-1-7-17-10/h1-8,21H,(H,18,20,22)/b10-8-. The maximum absolute atomic E-state index is 13.0. The number of aromatic amines is 1. The minimum absolute atomic E-state index is 0.109. The number of aromatic hydroxyl groups is 1. The summed E-state index contributed by atoms with van der Waals surface area (Å²) in [6.45, 7) is 0. The van der Waals surface area contributed by atoms with Gasteiger partial charge in [0.1, 0.15) is 11.4 Å². The highest BCUT2D eigenvalue weighted by Gasteiger charge is 2.14. The second-order valence-electron chi connectivity index (χ2n) is 4.51. The predicted molar refractivity (Wildman–Crippen MR) is 79.9 cm³/mol. The third-order valence-electron chi connectivity index (χ3n) is 3.07. The molecule has 6 nitrogen and oxygen atoms in total. The number of H-pyrrole nitrogens is 1. The Morgan fingerprint density at radius 2 is 1.95 bits per heavy atom. The van der Waals surface area contributed by atoms with Gasteiger partial charge in [0, 0.05) is 6.21 Å². The Kier molecular flexibility index (Phi) is 3.30. The molecule has 0 fully saturated rings. The highest BCUT2D eigenvalue weighted by atomic mass is 19.1. The zero-order valence-electron chi connectivity index (χ0n) is 11.2. The van der Waals surface area contributed by atoms with Gasteiger partial charge in [-0.05, 0) is 42.5 Å². The number of benzene rings is 1. The molecule has 0 saturated carbocycles. The number of rotatable bonds is 2. The van der Waals surface area contributed by atoms with E-state index in [4.69, 9.17) is 0 Å². The molecule has 0 saturated heterocycles. The van der Waals surface area contributed by atoms with Crippen LogP contribution in [-0.4, -0.2) is 20.9 Å². The van der Waals surface area contributed by atoms with Crippen molar-refractivity contribution in [3.8, 4) is 11.6 Å². The van der Waals surface area contributed by atoms with Crippen LogP contribution in [0.25, 0.3) is 11.8 Å². The highest BCUT2D eigenvalue weighted by molar-refractivity contribution is 5.79. The van der Waals surface area contributed by atoms with Gasteiger partial charge in [0.2, 0.25) is 5.88 Å². The maximum Gasteiger partial charge on any atom is 0.335 e. The molecule has 2 aromatic rings. The van der Waals surface area contributed by atoms with Crippen LogP contribution in [0, 0.1) is 5.82 Å². The van der Waals surface area contributed by atoms with Crippen molar-refractivity contribution in [3.63, 3.8) is 0 Å². The van der Waals surface area contributed by atoms with Crippen LogP contribution in [0.2, 0.25) is 0 Å². The van der Waals surface area contributed by atoms with Gasteiger partial charge in [0.05, 0.1) is 11.4 Å². The molecule has 1 aromatic carbocycles. The third-order valence-corrected chi connectivity index (χ3v) is 3.07. The highest BCUT2D eigenvalue weighted by Crippen LogP contribution is 2.20. The summed E-state index contributed by atoms with van der Waals surface area (Å²) in [5, 5.41) is 10.3. The Labute approximate surface area is 123 Å². The molecule has 0 spiro atoms. The van der Waals surface area contributed by atoms with E-state index in [0.29, 0.717) is 5.70 Å². The Balaban J connectivity index is 2.24. The fourth-order valence-electron chi connectivity index (χ4n) is 2.05. The van der Waals surface area contributed by atoms with Gasteiger partial charge in [-0.15, -0.1) is 0 Å². The first-order valence-electron chi connectivity index (χ1n) is 6.33. The van der Waals surface area contributed by atoms with E-state index in [-0.39, 0.29) is 11.3 Å². The third kappa shape index (κ3) is 2.39. The molecular formula is C15H10FN3O3. The number of halogens is 1. The number of allylic oxidation sites excluding steroid dienone is 2. The van der Waals surface area contributed by atoms with Crippen LogP contribution in [0.3, 0.4) is 0 Å². The fourth-order valence-corrected chi connectivity index (χ4v) is 2.05. The van der Waals surface area contributed by atoms with E-state index in [1.807, 2.05) is 0 Å². The fraction of sp³-hybridized carbons (Fsp3) is 0. The van der Waals surface area contributed by atoms with Gasteiger partial charge < -0.3 is 5.11 Å². The lowest BCUT2D eigenvalue weighted by atomic mass is 10.2. The SMILES string of the molecule is O=c1[nH]c(=O)n(-c2ccc(F)cc2)c(O)c1/C=C1/C=CC=N1. The quantitative estimate of drug-likeness (QED) is 0.877. The van der Waals surface area contributed by atoms with Gasteiger partial charge in [-0.3, -0.25) is 14.8 Å². The normalized spacial score (nSPS) is 14.9. The monoisotopic (exact) mass is 299 g/mol. The lowest BCUT2D eigenvalue weighted by Crippen LogP contribution is -2.30. The van der Waals surface area contributed by atoms with Crippen molar-refractivity contribution in [2.45, 2.75) is 0 Å². The summed E-state index contributed by atoms with van der Waals surface area (Å²) in [5.74, 6) is -1.02. The number of aromatic nitrogens is 2. The summed E-state index contributed by atoms with van der Waals surface area (Å²) in [5.41, 5.74) is -0.969. The molecule has 3 rings (SSSR count). The minimum Gasteiger partial charge on any atom is -0.494 e. The lowest BCUT2D eigenvalue weighted by Gasteiger charge is -2.09. The molecule has 0 aliphatic carbocycles. The second-order valence-corrected chi connectivity index (χ2v) is 4.51. The summed E-state index contributed by atoms with van der Waals surface area (Å²) in [6, 6.07) is 4.93. The van der Waals surface area contributed by atoms with Crippen molar-refractivity contribution in [2.24, 2.45) is 4.99 Å². The predicted octanol–water partition coefficient (Wildman–Crippen LogP) is 1.35. The summed E-state index contributed by atoms with van der Waals surface area (Å²) < 4.78 is 13.9. The Hall–Kier alpha value is -3.22. The van der Waals surface area contributed by atoms with Crippen LogP contribution < -0.4 is 11.2 Å². The Morgan fingerprint density at radius 3 is 2.59 bits per heavy atom. The van der Waals surface area contributed by atoms with E-state index in [0.717, 1.165) is 16.7 Å². The molecule has 0 unspecified atom stereocenters. The number of aliphatic imine (C=N–C) groups is 1. The molecule has 7 heteroatoms. The van der Waals surface area contributed by atoms with Gasteiger partial charge in [0.25, 0.3) is 5.56 Å². The molecule has 0 bridgehead atoms. The van der Waals surface area contributed by atoms with Crippen LogP contribution >= 0.6 is 0 Å². The average molecular weight is 299 g/mol. The van der Waals surface area contributed by atoms with E-state index in [1.165, 1.54) is 24.4 Å². The molecule has 22 heavy (non-hydrogen) atoms. The van der Waals surface area contributed by atoms with Crippen molar-refractivity contribution in [2.75, 3.05) is 0 Å². The van der Waals surface area contributed by atoms with Crippen LogP contribution in [0.5, 0.6) is 5.88 Å². The van der Waals surface area contributed by atoms with E-state index < -0.39 is 22.9 Å². The van der Waals surface area contributed by atoms with Gasteiger partial charge in [-0.2, -0.15) is 0 Å². The minimum atomic E-state index is -0.818. The Morgan fingerprint density at radius 1 is 1.23 bits per heavy atom. The van der Waals surface area contributed by atoms with Crippen LogP contribution in [-0.2, 0) is 0 Å². The summed E-state index contributed by atoms with van der Waals surface area (Å²) >= 11 is 0. The van der Waals surface area contributed by atoms with Gasteiger partial charge in [-0.25, -0.2) is 13.8 Å². The number of hydrogen-bond acceptors (Lipinski definition) is 4. The molecule has 1 aromatic heterocycles. The van der Waals surface area contributed by atoms with Crippen molar-refractivity contribution in [1.82, 2.24) is 9.55 Å². The van der Waals surface area contributed by atoms with Crippen LogP contribution in [0.15, 0.2) is 56.7 Å². The first kappa shape index (κ1) is 13.7. The molecule has 1 aliphatic rings. The van der Waals surface area contributed by atoms with Crippen molar-refractivity contribution in [3.05, 3.63) is 74.3 Å². The second kappa shape index (κ2) is 5.28. The van der Waals surface area contributed by atoms with Crippen molar-refractivity contribution >= 4 is 12.3 Å². The van der Waals surface area contributed by atoms with Gasteiger partial charge in [0.15, 0.2) is 0 Å². The van der Waals surface area contributed by atoms with Crippen molar-refractivity contribution in [1.29, 1.82) is 0 Å². The molecule has 0 atom stereocenters. The van der Waals surface area contributed by atoms with Crippen LogP contribution in [0.4, 0.5) is 4.39 Å². The number of nitrogens with zero attached hydrogens (tertiary/aromatic N) is 2. The van der Waals surface area contributed by atoms with E-state index in [1.54, 1.807) is 12.2 Å². The van der Waals surface area contributed by atoms with Gasteiger partial charge >= 0.3 is 5.69 Å². The maximum atomic E-state index is 13.0.